The van der Waals surface area contributed by atoms with E-state index in [1.165, 1.54) is 7.11 Å². The first-order valence-electron chi connectivity index (χ1n) is 15.6. The summed E-state index contributed by atoms with van der Waals surface area (Å²) >= 11 is 0. The molecule has 3 aliphatic heterocycles. The predicted octanol–water partition coefficient (Wildman–Crippen LogP) is 4.84. The summed E-state index contributed by atoms with van der Waals surface area (Å²) < 4.78 is 21.3. The maximum absolute atomic E-state index is 13.4. The highest BCUT2D eigenvalue weighted by molar-refractivity contribution is 6.00. The Bertz CT molecular complexity index is 1020. The number of methoxy groups -OCH3 is 1. The molecule has 9 heteroatoms. The zero-order valence-corrected chi connectivity index (χ0v) is 26.4. The lowest BCUT2D eigenvalue weighted by atomic mass is 9.58. The number of hydrogen-bond acceptors (Lipinski definition) is 9. The van der Waals surface area contributed by atoms with E-state index in [1.807, 2.05) is 34.6 Å². The number of esters is 5. The topological polar surface area (TPSA) is 122 Å². The molecule has 5 fully saturated rings. The Morgan fingerprint density at radius 2 is 1.46 bits per heavy atom. The van der Waals surface area contributed by atoms with Gasteiger partial charge in [0.05, 0.1) is 43.3 Å². The Balaban J connectivity index is 0.00000111. The quantitative estimate of drug-likeness (QED) is 0.247. The van der Waals surface area contributed by atoms with Gasteiger partial charge in [-0.05, 0) is 48.9 Å². The first kappa shape index (κ1) is 33.1. The molecule has 2 aliphatic carbocycles. The van der Waals surface area contributed by atoms with Gasteiger partial charge in [-0.3, -0.25) is 24.0 Å². The Morgan fingerprint density at radius 1 is 0.854 bits per heavy atom. The van der Waals surface area contributed by atoms with Crippen molar-refractivity contribution in [3.05, 3.63) is 0 Å². The van der Waals surface area contributed by atoms with Gasteiger partial charge in [-0.15, -0.1) is 0 Å². The molecule has 3 saturated heterocycles. The summed E-state index contributed by atoms with van der Waals surface area (Å²) in [5.41, 5.74) is -1.49. The van der Waals surface area contributed by atoms with Gasteiger partial charge in [-0.2, -0.15) is 0 Å². The molecule has 0 spiro atoms. The van der Waals surface area contributed by atoms with E-state index in [9.17, 15) is 24.0 Å². The van der Waals surface area contributed by atoms with Crippen molar-refractivity contribution in [1.82, 2.24) is 0 Å². The van der Waals surface area contributed by atoms with Gasteiger partial charge in [0.1, 0.15) is 6.10 Å². The van der Waals surface area contributed by atoms with Crippen LogP contribution in [0, 0.1) is 70.5 Å². The van der Waals surface area contributed by atoms with Crippen LogP contribution in [0.25, 0.3) is 0 Å². The fourth-order valence-electron chi connectivity index (χ4n) is 8.95. The number of carbonyl (C=O) groups excluding carboxylic acids is 5. The van der Waals surface area contributed by atoms with Gasteiger partial charge in [-0.25, -0.2) is 0 Å². The van der Waals surface area contributed by atoms with E-state index in [4.69, 9.17) is 18.9 Å². The van der Waals surface area contributed by atoms with Crippen LogP contribution in [-0.4, -0.2) is 49.7 Å². The molecular formula is C32H50O9. The summed E-state index contributed by atoms with van der Waals surface area (Å²) in [6.45, 7) is 18.4. The zero-order chi connectivity index (χ0) is 31.0. The van der Waals surface area contributed by atoms with Crippen molar-refractivity contribution in [2.45, 2.75) is 87.7 Å². The van der Waals surface area contributed by atoms with Crippen LogP contribution >= 0.6 is 0 Å². The summed E-state index contributed by atoms with van der Waals surface area (Å²) in [7, 11) is 1.25. The molecule has 2 saturated carbocycles. The largest absolute Gasteiger partial charge is 0.469 e. The molecule has 13 unspecified atom stereocenters. The highest BCUT2D eigenvalue weighted by atomic mass is 16.6. The number of cyclic esters (lactones) is 4. The molecule has 0 aromatic heterocycles. The van der Waals surface area contributed by atoms with E-state index in [0.29, 0.717) is 17.8 Å². The van der Waals surface area contributed by atoms with Crippen LogP contribution in [0.15, 0.2) is 0 Å². The number of fused-ring (bicyclic) bond motifs is 2. The molecule has 0 N–H and O–H groups in total. The van der Waals surface area contributed by atoms with Crippen LogP contribution in [0.5, 0.6) is 0 Å². The average molecular weight is 579 g/mol. The highest BCUT2D eigenvalue weighted by Crippen LogP contribution is 2.63. The molecule has 5 aliphatic rings. The fraction of sp³-hybridized carbons (Fsp3) is 0.844. The van der Waals surface area contributed by atoms with Crippen LogP contribution in [-0.2, 0) is 42.9 Å². The van der Waals surface area contributed by atoms with Crippen molar-refractivity contribution in [1.29, 1.82) is 0 Å². The molecular weight excluding hydrogens is 528 g/mol. The molecule has 2 bridgehead atoms. The van der Waals surface area contributed by atoms with Crippen LogP contribution < -0.4 is 0 Å². The molecule has 13 atom stereocenters. The molecule has 5 rings (SSSR count). The van der Waals surface area contributed by atoms with Gasteiger partial charge in [0.15, 0.2) is 0 Å². The molecule has 0 radical (unpaired) electrons. The van der Waals surface area contributed by atoms with E-state index in [2.05, 4.69) is 20.8 Å². The third kappa shape index (κ3) is 5.42. The van der Waals surface area contributed by atoms with Gasteiger partial charge in [0, 0.05) is 18.3 Å². The lowest BCUT2D eigenvalue weighted by Gasteiger charge is -2.43. The molecule has 0 aromatic rings. The van der Waals surface area contributed by atoms with Gasteiger partial charge in [0.25, 0.3) is 0 Å². The second-order valence-electron chi connectivity index (χ2n) is 12.6. The summed E-state index contributed by atoms with van der Waals surface area (Å²) in [4.78, 5) is 65.0. The molecule has 3 heterocycles. The molecule has 232 valence electrons. The van der Waals surface area contributed by atoms with Crippen LogP contribution in [0.3, 0.4) is 0 Å². The predicted molar refractivity (Wildman–Crippen MR) is 150 cm³/mol. The lowest BCUT2D eigenvalue weighted by Crippen LogP contribution is -2.49. The lowest BCUT2D eigenvalue weighted by molar-refractivity contribution is -0.168. The van der Waals surface area contributed by atoms with Gasteiger partial charge >= 0.3 is 29.8 Å². The van der Waals surface area contributed by atoms with Crippen molar-refractivity contribution < 1.29 is 42.9 Å². The standard InChI is InChI=1S/C28H38O9.2C2H6/c1-11-10-35-24(30)20(11)17-8-19(29)36-18(17)9-28(5,27(33)34-6)23-22(25(31)37-26(23)32)21-14(4)15-7-16(21)13(3)12(15)2;2*1-2/h11-18,20-23H,7-10H2,1-6H3;2*1-2H3. The minimum absolute atomic E-state index is 0.0301. The van der Waals surface area contributed by atoms with Crippen LogP contribution in [0.1, 0.15) is 81.6 Å². The second kappa shape index (κ2) is 12.8. The van der Waals surface area contributed by atoms with Gasteiger partial charge in [-0.1, -0.05) is 55.4 Å². The summed E-state index contributed by atoms with van der Waals surface area (Å²) in [6.07, 6.45) is 0.187. The highest BCUT2D eigenvalue weighted by Gasteiger charge is 2.66. The average Bonchev–Trinajstić information content (AvgIpc) is 3.72. The molecule has 41 heavy (non-hydrogen) atoms. The Morgan fingerprint density at radius 3 is 2.00 bits per heavy atom. The maximum Gasteiger partial charge on any atom is 0.318 e. The third-order valence-corrected chi connectivity index (χ3v) is 11.0. The fourth-order valence-corrected chi connectivity index (χ4v) is 8.95. The first-order chi connectivity index (χ1) is 19.4. The zero-order valence-electron chi connectivity index (χ0n) is 26.4. The third-order valence-electron chi connectivity index (χ3n) is 11.0. The van der Waals surface area contributed by atoms with E-state index in [-0.39, 0.29) is 49.1 Å². The van der Waals surface area contributed by atoms with Crippen LogP contribution in [0.4, 0.5) is 0 Å². The minimum atomic E-state index is -1.49. The molecule has 0 amide bonds. The van der Waals surface area contributed by atoms with Gasteiger partial charge < -0.3 is 18.9 Å². The second-order valence-corrected chi connectivity index (χ2v) is 12.6. The van der Waals surface area contributed by atoms with E-state index in [1.54, 1.807) is 6.92 Å². The first-order valence-corrected chi connectivity index (χ1v) is 15.6. The number of ether oxygens (including phenoxy) is 4. The SMILES string of the molecule is CC.CC.COC(=O)C(C)(CC1OC(=O)CC1C1C(=O)OCC1C)C1C(=O)OC(=O)C1C1C(C)C2CC1C(C)C2C. The van der Waals surface area contributed by atoms with Crippen molar-refractivity contribution in [2.24, 2.45) is 70.5 Å². The van der Waals surface area contributed by atoms with E-state index >= 15 is 0 Å². The Labute approximate surface area is 244 Å². The summed E-state index contributed by atoms with van der Waals surface area (Å²) in [5.74, 6) is -4.03. The van der Waals surface area contributed by atoms with Crippen molar-refractivity contribution in [2.75, 3.05) is 13.7 Å². The van der Waals surface area contributed by atoms with Crippen LogP contribution in [0.2, 0.25) is 0 Å². The van der Waals surface area contributed by atoms with Crippen molar-refractivity contribution in [3.63, 3.8) is 0 Å². The summed E-state index contributed by atoms with van der Waals surface area (Å²) in [5, 5.41) is 0. The number of hydrogen-bond donors (Lipinski definition) is 0. The van der Waals surface area contributed by atoms with Crippen molar-refractivity contribution >= 4 is 29.8 Å². The Kier molecular flexibility index (Phi) is 10.3. The van der Waals surface area contributed by atoms with Gasteiger partial charge in [0.2, 0.25) is 0 Å². The Hall–Kier alpha value is -2.45. The summed E-state index contributed by atoms with van der Waals surface area (Å²) in [6, 6.07) is 0. The minimum Gasteiger partial charge on any atom is -0.469 e. The molecule has 9 nitrogen and oxygen atoms in total. The number of carbonyl (C=O) groups is 5. The number of rotatable bonds is 6. The normalized spacial score (nSPS) is 42.3. The van der Waals surface area contributed by atoms with Crippen molar-refractivity contribution in [3.8, 4) is 0 Å². The maximum atomic E-state index is 13.4. The van der Waals surface area contributed by atoms with E-state index in [0.717, 1.165) is 6.42 Å². The monoisotopic (exact) mass is 578 g/mol. The smallest absolute Gasteiger partial charge is 0.318 e. The molecule has 0 aromatic carbocycles. The van der Waals surface area contributed by atoms with E-state index < -0.39 is 59.1 Å².